The number of aromatic hydroxyl groups is 1. The Kier molecular flexibility index (Phi) is 16.2. The maximum absolute atomic E-state index is 12.0. The molecule has 0 heterocycles. The van der Waals surface area contributed by atoms with Crippen LogP contribution in [0.15, 0.2) is 66.8 Å². The third kappa shape index (κ3) is 14.3. The van der Waals surface area contributed by atoms with Crippen LogP contribution in [0, 0.1) is 0 Å². The fraction of sp³-hybridized carbons (Fsp3) is 0.464. The number of ether oxygens (including phenoxy) is 1. The molecule has 0 bridgehead atoms. The van der Waals surface area contributed by atoms with Gasteiger partial charge in [0.1, 0.15) is 0 Å². The van der Waals surface area contributed by atoms with E-state index in [-0.39, 0.29) is 11.7 Å². The molecule has 4 heteroatoms. The van der Waals surface area contributed by atoms with Crippen molar-refractivity contribution in [3.8, 4) is 11.5 Å². The van der Waals surface area contributed by atoms with Crippen molar-refractivity contribution >= 4 is 5.91 Å². The summed E-state index contributed by atoms with van der Waals surface area (Å²) >= 11 is 0. The van der Waals surface area contributed by atoms with Gasteiger partial charge < -0.3 is 15.2 Å². The molecule has 0 saturated carbocycles. The van der Waals surface area contributed by atoms with Crippen LogP contribution in [0.1, 0.15) is 76.7 Å². The zero-order valence-electron chi connectivity index (χ0n) is 19.9. The molecule has 1 rings (SSSR count). The number of allylic oxidation sites excluding steroid dienone is 8. The fourth-order valence-corrected chi connectivity index (χ4v) is 3.06. The lowest BCUT2D eigenvalue weighted by Gasteiger charge is -2.08. The minimum absolute atomic E-state index is 0.0351. The summed E-state index contributed by atoms with van der Waals surface area (Å²) in [5, 5.41) is 12.5. The first-order chi connectivity index (χ1) is 15.7. The largest absolute Gasteiger partial charge is 0.504 e. The van der Waals surface area contributed by atoms with Gasteiger partial charge in [0.05, 0.1) is 7.11 Å². The summed E-state index contributed by atoms with van der Waals surface area (Å²) in [4.78, 5) is 12.0. The summed E-state index contributed by atoms with van der Waals surface area (Å²) in [5.41, 5.74) is 0.897. The Morgan fingerprint density at radius 3 is 2.09 bits per heavy atom. The quantitative estimate of drug-likeness (QED) is 0.200. The number of unbranched alkanes of at least 4 members (excludes halogenated alkanes) is 4. The molecule has 0 aliphatic carbocycles. The molecule has 0 atom stereocenters. The zero-order chi connectivity index (χ0) is 23.3. The Morgan fingerprint density at radius 1 is 0.906 bits per heavy atom. The van der Waals surface area contributed by atoms with Crippen LogP contribution in [0.2, 0.25) is 0 Å². The number of benzene rings is 1. The van der Waals surface area contributed by atoms with E-state index in [2.05, 4.69) is 60.8 Å². The van der Waals surface area contributed by atoms with E-state index in [1.807, 2.05) is 0 Å². The second kappa shape index (κ2) is 19.0. The summed E-state index contributed by atoms with van der Waals surface area (Å²) in [6.07, 6.45) is 27.9. The summed E-state index contributed by atoms with van der Waals surface area (Å²) in [7, 11) is 1.51. The lowest BCUT2D eigenvalue weighted by atomic mass is 10.2. The maximum atomic E-state index is 12.0. The van der Waals surface area contributed by atoms with Gasteiger partial charge in [-0.2, -0.15) is 0 Å². The van der Waals surface area contributed by atoms with Gasteiger partial charge in [-0.25, -0.2) is 0 Å². The first kappa shape index (κ1) is 27.3. The number of hydrogen-bond acceptors (Lipinski definition) is 3. The van der Waals surface area contributed by atoms with Gasteiger partial charge in [0.25, 0.3) is 0 Å². The molecule has 4 nitrogen and oxygen atoms in total. The van der Waals surface area contributed by atoms with E-state index in [1.165, 1.54) is 32.8 Å². The highest BCUT2D eigenvalue weighted by Gasteiger charge is 2.04. The monoisotopic (exact) mass is 439 g/mol. The molecule has 1 aromatic rings. The third-order valence-electron chi connectivity index (χ3n) is 4.97. The lowest BCUT2D eigenvalue weighted by Crippen LogP contribution is -2.22. The Hall–Kier alpha value is -2.75. The van der Waals surface area contributed by atoms with E-state index < -0.39 is 0 Å². The number of rotatable bonds is 17. The molecular formula is C28H41NO3. The third-order valence-corrected chi connectivity index (χ3v) is 4.97. The van der Waals surface area contributed by atoms with Gasteiger partial charge >= 0.3 is 0 Å². The van der Waals surface area contributed by atoms with E-state index >= 15 is 0 Å². The molecule has 32 heavy (non-hydrogen) atoms. The number of hydrogen-bond donors (Lipinski definition) is 2. The molecule has 2 N–H and O–H groups in total. The zero-order valence-corrected chi connectivity index (χ0v) is 19.9. The van der Waals surface area contributed by atoms with Gasteiger partial charge in [-0.05, 0) is 62.6 Å². The smallest absolute Gasteiger partial charge is 0.220 e. The van der Waals surface area contributed by atoms with Gasteiger partial charge in [0, 0.05) is 13.0 Å². The van der Waals surface area contributed by atoms with Gasteiger partial charge in [0.2, 0.25) is 5.91 Å². The van der Waals surface area contributed by atoms with Crippen LogP contribution < -0.4 is 10.1 Å². The van der Waals surface area contributed by atoms with E-state index in [0.717, 1.165) is 37.7 Å². The molecule has 1 amide bonds. The number of amides is 1. The Morgan fingerprint density at radius 2 is 1.50 bits per heavy atom. The van der Waals surface area contributed by atoms with Crippen molar-refractivity contribution in [3.63, 3.8) is 0 Å². The molecule has 0 unspecified atom stereocenters. The van der Waals surface area contributed by atoms with Crippen LogP contribution >= 0.6 is 0 Å². The van der Waals surface area contributed by atoms with Crippen molar-refractivity contribution in [2.45, 2.75) is 77.7 Å². The molecule has 0 aromatic heterocycles. The molecule has 0 saturated heterocycles. The predicted molar refractivity (Wildman–Crippen MR) is 135 cm³/mol. The highest BCUT2D eigenvalue weighted by Crippen LogP contribution is 2.26. The first-order valence-electron chi connectivity index (χ1n) is 11.9. The van der Waals surface area contributed by atoms with Crippen molar-refractivity contribution in [3.05, 3.63) is 72.4 Å². The Bertz CT molecular complexity index is 747. The van der Waals surface area contributed by atoms with Crippen molar-refractivity contribution in [1.29, 1.82) is 0 Å². The van der Waals surface area contributed by atoms with Crippen molar-refractivity contribution in [1.82, 2.24) is 5.32 Å². The molecule has 0 aliphatic rings. The van der Waals surface area contributed by atoms with E-state index in [4.69, 9.17) is 4.74 Å². The van der Waals surface area contributed by atoms with Crippen LogP contribution in [-0.4, -0.2) is 18.1 Å². The first-order valence-corrected chi connectivity index (χ1v) is 11.9. The number of phenols is 1. The van der Waals surface area contributed by atoms with Crippen LogP contribution in [0.3, 0.4) is 0 Å². The van der Waals surface area contributed by atoms with Crippen LogP contribution in [0.5, 0.6) is 11.5 Å². The minimum Gasteiger partial charge on any atom is -0.504 e. The van der Waals surface area contributed by atoms with E-state index in [9.17, 15) is 9.90 Å². The predicted octanol–water partition coefficient (Wildman–Crippen LogP) is 7.16. The number of nitrogens with one attached hydrogen (secondary N) is 1. The van der Waals surface area contributed by atoms with Crippen LogP contribution in [-0.2, 0) is 11.3 Å². The van der Waals surface area contributed by atoms with Gasteiger partial charge in [-0.1, -0.05) is 74.4 Å². The number of carbonyl (C=O) groups is 1. The second-order valence-corrected chi connectivity index (χ2v) is 7.76. The second-order valence-electron chi connectivity index (χ2n) is 7.76. The topological polar surface area (TPSA) is 58.6 Å². The standard InChI is InChI=1S/C28H41NO3/c1-3-4-5-6-7-8-9-10-11-12-13-14-15-16-17-18-19-20-28(31)29-24-25-21-22-26(30)27(23-25)32-2/h7-8,10-11,13-14,16-17,21-23,30H,3-6,9,12,15,18-20,24H2,1-2H3,(H,29,31)/b8-7-,11-10-,14-13+,17-16-. The van der Waals surface area contributed by atoms with Crippen molar-refractivity contribution in [2.75, 3.05) is 7.11 Å². The van der Waals surface area contributed by atoms with Crippen molar-refractivity contribution < 1.29 is 14.6 Å². The highest BCUT2D eigenvalue weighted by atomic mass is 16.5. The van der Waals surface area contributed by atoms with Crippen LogP contribution in [0.25, 0.3) is 0 Å². The Labute approximate surface area is 194 Å². The Balaban J connectivity index is 2.03. The molecule has 0 spiro atoms. The van der Waals surface area contributed by atoms with Crippen molar-refractivity contribution in [2.24, 2.45) is 0 Å². The van der Waals surface area contributed by atoms with Gasteiger partial charge in [-0.3, -0.25) is 4.79 Å². The summed E-state index contributed by atoms with van der Waals surface area (Å²) in [6.45, 7) is 2.66. The number of carbonyl (C=O) groups excluding carboxylic acids is 1. The maximum Gasteiger partial charge on any atom is 0.220 e. The SMILES string of the molecule is CCCCC/C=C\C/C=C\C/C=C/C/C=C\CCCC(=O)NCc1ccc(O)c(OC)c1. The molecular weight excluding hydrogens is 398 g/mol. The van der Waals surface area contributed by atoms with Crippen LogP contribution in [0.4, 0.5) is 0 Å². The minimum atomic E-state index is 0.0351. The molecule has 0 fully saturated rings. The molecule has 176 valence electrons. The normalized spacial score (nSPS) is 11.9. The number of methoxy groups -OCH3 is 1. The fourth-order valence-electron chi connectivity index (χ4n) is 3.06. The van der Waals surface area contributed by atoms with Gasteiger partial charge in [0.15, 0.2) is 11.5 Å². The average Bonchev–Trinajstić information content (AvgIpc) is 2.80. The molecule has 0 radical (unpaired) electrons. The lowest BCUT2D eigenvalue weighted by molar-refractivity contribution is -0.121. The summed E-state index contributed by atoms with van der Waals surface area (Å²) in [6, 6.07) is 5.08. The molecule has 0 aliphatic heterocycles. The van der Waals surface area contributed by atoms with E-state index in [1.54, 1.807) is 18.2 Å². The molecule has 1 aromatic carbocycles. The summed E-state index contributed by atoms with van der Waals surface area (Å²) in [5.74, 6) is 0.548. The highest BCUT2D eigenvalue weighted by molar-refractivity contribution is 5.75. The summed E-state index contributed by atoms with van der Waals surface area (Å²) < 4.78 is 5.08. The van der Waals surface area contributed by atoms with E-state index in [0.29, 0.717) is 18.7 Å². The average molecular weight is 440 g/mol. The number of phenolic OH excluding ortho intramolecular Hbond substituents is 1. The van der Waals surface area contributed by atoms with Gasteiger partial charge in [-0.15, -0.1) is 0 Å².